The Bertz CT molecular complexity index is 581. The fourth-order valence-electron chi connectivity index (χ4n) is 3.09. The van der Waals surface area contributed by atoms with Crippen molar-refractivity contribution in [2.75, 3.05) is 26.2 Å². The second-order valence-corrected chi connectivity index (χ2v) is 8.60. The lowest BCUT2D eigenvalue weighted by molar-refractivity contribution is 0.358. The van der Waals surface area contributed by atoms with E-state index in [1.807, 2.05) is 10.9 Å². The van der Waals surface area contributed by atoms with Gasteiger partial charge in [-0.25, -0.2) is 0 Å². The molecule has 21 heavy (non-hydrogen) atoms. The molecule has 1 aromatic rings. The molecule has 8 heteroatoms. The Labute approximate surface area is 134 Å². The van der Waals surface area contributed by atoms with Crippen LogP contribution < -0.4 is 0 Å². The molecule has 6 nitrogen and oxygen atoms in total. The number of hydrogen-bond donors (Lipinski definition) is 0. The Morgan fingerprint density at radius 2 is 1.81 bits per heavy atom. The highest BCUT2D eigenvalue weighted by atomic mass is 79.9. The Hall–Kier alpha value is -0.440. The molecule has 0 radical (unpaired) electrons. The smallest absolute Gasteiger partial charge is 0.267 e. The maximum Gasteiger partial charge on any atom is 0.282 e. The van der Waals surface area contributed by atoms with E-state index < -0.39 is 10.2 Å². The van der Waals surface area contributed by atoms with Gasteiger partial charge in [-0.2, -0.15) is 22.1 Å². The van der Waals surface area contributed by atoms with Gasteiger partial charge in [0.05, 0.1) is 16.7 Å². The standard InChI is InChI=1S/C13H21BrN4O2S/c14-12-9-15-18(10-12)13-5-8-17(11-13)21(19,20)16-6-3-1-2-4-7-16/h9-10,13H,1-8,11H2. The zero-order valence-electron chi connectivity index (χ0n) is 12.0. The van der Waals surface area contributed by atoms with Gasteiger partial charge in [0.15, 0.2) is 0 Å². The minimum atomic E-state index is -3.31. The van der Waals surface area contributed by atoms with Crippen LogP contribution in [0.15, 0.2) is 16.9 Å². The monoisotopic (exact) mass is 376 g/mol. The topological polar surface area (TPSA) is 58.4 Å². The third kappa shape index (κ3) is 3.33. The highest BCUT2D eigenvalue weighted by Gasteiger charge is 2.36. The van der Waals surface area contributed by atoms with E-state index >= 15 is 0 Å². The Morgan fingerprint density at radius 1 is 1.10 bits per heavy atom. The van der Waals surface area contributed by atoms with Crippen LogP contribution in [0.2, 0.25) is 0 Å². The van der Waals surface area contributed by atoms with Crippen molar-refractivity contribution < 1.29 is 8.42 Å². The highest BCUT2D eigenvalue weighted by Crippen LogP contribution is 2.27. The van der Waals surface area contributed by atoms with Gasteiger partial charge in [0, 0.05) is 32.4 Å². The lowest BCUT2D eigenvalue weighted by atomic mass is 10.2. The summed E-state index contributed by atoms with van der Waals surface area (Å²) < 4.78 is 31.6. The van der Waals surface area contributed by atoms with Crippen LogP contribution in [-0.4, -0.2) is 53.0 Å². The van der Waals surface area contributed by atoms with Crippen LogP contribution in [0.4, 0.5) is 0 Å². The number of hydrogen-bond acceptors (Lipinski definition) is 3. The van der Waals surface area contributed by atoms with Gasteiger partial charge in [-0.1, -0.05) is 12.8 Å². The summed E-state index contributed by atoms with van der Waals surface area (Å²) in [7, 11) is -3.31. The molecule has 2 aliphatic rings. The van der Waals surface area contributed by atoms with Gasteiger partial charge >= 0.3 is 0 Å². The average molecular weight is 377 g/mol. The van der Waals surface area contributed by atoms with Crippen molar-refractivity contribution in [2.24, 2.45) is 0 Å². The van der Waals surface area contributed by atoms with Gasteiger partial charge in [0.2, 0.25) is 0 Å². The van der Waals surface area contributed by atoms with E-state index in [2.05, 4.69) is 21.0 Å². The first-order valence-corrected chi connectivity index (χ1v) is 9.71. The predicted molar refractivity (Wildman–Crippen MR) is 84.1 cm³/mol. The third-order valence-electron chi connectivity index (χ3n) is 4.29. The Morgan fingerprint density at radius 3 is 2.43 bits per heavy atom. The summed E-state index contributed by atoms with van der Waals surface area (Å²) in [4.78, 5) is 0. The van der Waals surface area contributed by atoms with E-state index in [9.17, 15) is 8.42 Å². The van der Waals surface area contributed by atoms with Gasteiger partial charge < -0.3 is 0 Å². The Balaban J connectivity index is 1.69. The molecule has 0 amide bonds. The zero-order valence-corrected chi connectivity index (χ0v) is 14.4. The number of aromatic nitrogens is 2. The minimum absolute atomic E-state index is 0.137. The van der Waals surface area contributed by atoms with Crippen LogP contribution in [0.3, 0.4) is 0 Å². The van der Waals surface area contributed by atoms with Crippen molar-refractivity contribution in [1.29, 1.82) is 0 Å². The number of nitrogens with zero attached hydrogens (tertiary/aromatic N) is 4. The lowest BCUT2D eigenvalue weighted by Crippen LogP contribution is -2.43. The van der Waals surface area contributed by atoms with Crippen molar-refractivity contribution in [3.05, 3.63) is 16.9 Å². The summed E-state index contributed by atoms with van der Waals surface area (Å²) in [5, 5.41) is 4.28. The van der Waals surface area contributed by atoms with Crippen LogP contribution in [0.5, 0.6) is 0 Å². The van der Waals surface area contributed by atoms with Crippen LogP contribution in [0.1, 0.15) is 38.1 Å². The van der Waals surface area contributed by atoms with Crippen molar-refractivity contribution in [3.8, 4) is 0 Å². The van der Waals surface area contributed by atoms with Crippen molar-refractivity contribution in [1.82, 2.24) is 18.4 Å². The first-order chi connectivity index (χ1) is 10.1. The molecule has 1 aromatic heterocycles. The van der Waals surface area contributed by atoms with E-state index in [-0.39, 0.29) is 6.04 Å². The first-order valence-electron chi connectivity index (χ1n) is 7.52. The van der Waals surface area contributed by atoms with Crippen molar-refractivity contribution >= 4 is 26.1 Å². The van der Waals surface area contributed by atoms with E-state index in [1.54, 1.807) is 14.8 Å². The van der Waals surface area contributed by atoms with Gasteiger partial charge in [0.25, 0.3) is 10.2 Å². The van der Waals surface area contributed by atoms with E-state index in [0.717, 1.165) is 36.6 Å². The number of halogens is 1. The molecule has 2 fully saturated rings. The van der Waals surface area contributed by atoms with E-state index in [0.29, 0.717) is 26.2 Å². The maximum atomic E-state index is 12.7. The normalized spacial score (nSPS) is 26.0. The predicted octanol–water partition coefficient (Wildman–Crippen LogP) is 2.01. The molecule has 0 aliphatic carbocycles. The van der Waals surface area contributed by atoms with Crippen LogP contribution >= 0.6 is 15.9 Å². The molecule has 3 heterocycles. The highest BCUT2D eigenvalue weighted by molar-refractivity contribution is 9.10. The summed E-state index contributed by atoms with van der Waals surface area (Å²) in [6.45, 7) is 2.43. The number of rotatable bonds is 3. The van der Waals surface area contributed by atoms with Gasteiger partial charge in [-0.15, -0.1) is 0 Å². The third-order valence-corrected chi connectivity index (χ3v) is 6.70. The summed E-state index contributed by atoms with van der Waals surface area (Å²) >= 11 is 3.38. The van der Waals surface area contributed by atoms with E-state index in [1.165, 1.54) is 0 Å². The SMILES string of the molecule is O=S(=O)(N1CCCCCC1)N1CCC(n2cc(Br)cn2)C1. The molecule has 0 spiro atoms. The van der Waals surface area contributed by atoms with Crippen LogP contribution in [-0.2, 0) is 10.2 Å². The molecule has 2 saturated heterocycles. The lowest BCUT2D eigenvalue weighted by Gasteiger charge is -2.26. The quantitative estimate of drug-likeness (QED) is 0.810. The van der Waals surface area contributed by atoms with Crippen molar-refractivity contribution in [3.63, 3.8) is 0 Å². The summed E-state index contributed by atoms with van der Waals surface area (Å²) in [6.07, 6.45) is 8.69. The summed E-state index contributed by atoms with van der Waals surface area (Å²) in [5.74, 6) is 0. The molecule has 0 bridgehead atoms. The molecular formula is C13H21BrN4O2S. The van der Waals surface area contributed by atoms with Crippen LogP contribution in [0, 0.1) is 0 Å². The first kappa shape index (κ1) is 15.5. The fraction of sp³-hybridized carbons (Fsp3) is 0.769. The molecule has 0 aromatic carbocycles. The molecular weight excluding hydrogens is 356 g/mol. The molecule has 3 rings (SSSR count). The van der Waals surface area contributed by atoms with Gasteiger partial charge in [-0.05, 0) is 35.2 Å². The summed E-state index contributed by atoms with van der Waals surface area (Å²) in [6, 6.07) is 0.137. The van der Waals surface area contributed by atoms with Gasteiger partial charge in [-0.3, -0.25) is 4.68 Å². The second kappa shape index (κ2) is 6.36. The van der Waals surface area contributed by atoms with Gasteiger partial charge in [0.1, 0.15) is 0 Å². The second-order valence-electron chi connectivity index (χ2n) is 5.76. The zero-order chi connectivity index (χ0) is 14.9. The summed E-state index contributed by atoms with van der Waals surface area (Å²) in [5.41, 5.74) is 0. The Kier molecular flexibility index (Phi) is 4.68. The molecule has 2 aliphatic heterocycles. The molecule has 1 unspecified atom stereocenters. The minimum Gasteiger partial charge on any atom is -0.267 e. The molecule has 118 valence electrons. The molecule has 0 saturated carbocycles. The van der Waals surface area contributed by atoms with Crippen molar-refractivity contribution in [2.45, 2.75) is 38.1 Å². The van der Waals surface area contributed by atoms with Crippen LogP contribution in [0.25, 0.3) is 0 Å². The average Bonchev–Trinajstić information content (AvgIpc) is 3.01. The molecule has 1 atom stereocenters. The fourth-order valence-corrected chi connectivity index (χ4v) is 5.13. The van der Waals surface area contributed by atoms with E-state index in [4.69, 9.17) is 0 Å². The maximum absolute atomic E-state index is 12.7. The molecule has 0 N–H and O–H groups in total. The largest absolute Gasteiger partial charge is 0.282 e.